The fraction of sp³-hybridized carbons (Fsp3) is 0.303. The monoisotopic (exact) mass is 569 g/mol. The Bertz CT molecular complexity index is 1530. The van der Waals surface area contributed by atoms with Gasteiger partial charge in [0.2, 0.25) is 5.91 Å². The van der Waals surface area contributed by atoms with Crippen LogP contribution in [0.2, 0.25) is 0 Å². The number of halogens is 1. The van der Waals surface area contributed by atoms with Gasteiger partial charge in [0.1, 0.15) is 28.9 Å². The van der Waals surface area contributed by atoms with Crippen LogP contribution in [0.25, 0.3) is 0 Å². The molecule has 3 aromatic carbocycles. The third-order valence-corrected chi connectivity index (χ3v) is 8.76. The molecule has 1 atom stereocenters. The summed E-state index contributed by atoms with van der Waals surface area (Å²) in [5, 5.41) is 5.16. The molecule has 1 aromatic heterocycles. The summed E-state index contributed by atoms with van der Waals surface area (Å²) < 4.78 is 19.6. The predicted octanol–water partition coefficient (Wildman–Crippen LogP) is 6.46. The molecule has 0 spiro atoms. The molecule has 4 aromatic rings. The first kappa shape index (κ1) is 27.1. The molecule has 0 bridgehead atoms. The highest BCUT2D eigenvalue weighted by Gasteiger charge is 2.36. The van der Waals surface area contributed by atoms with Crippen LogP contribution in [0.5, 0.6) is 5.75 Å². The maximum absolute atomic E-state index is 13.6. The van der Waals surface area contributed by atoms with Crippen LogP contribution in [-0.4, -0.2) is 28.2 Å². The number of hydrogen-bond donors (Lipinski definition) is 1. The minimum atomic E-state index is -0.338. The van der Waals surface area contributed by atoms with Crippen molar-refractivity contribution in [3.05, 3.63) is 117 Å². The predicted molar refractivity (Wildman–Crippen MR) is 156 cm³/mol. The molecule has 1 unspecified atom stereocenters. The molecule has 2 aliphatic rings. The summed E-state index contributed by atoms with van der Waals surface area (Å²) in [5.41, 5.74) is 4.42. The lowest BCUT2D eigenvalue weighted by atomic mass is 9.87. The zero-order valence-corrected chi connectivity index (χ0v) is 23.5. The Morgan fingerprint density at radius 2 is 1.85 bits per heavy atom. The third-order valence-electron chi connectivity index (χ3n) is 7.94. The van der Waals surface area contributed by atoms with Crippen molar-refractivity contribution in [2.45, 2.75) is 51.3 Å². The number of thiazole rings is 1. The normalized spacial score (nSPS) is 16.8. The van der Waals surface area contributed by atoms with Crippen LogP contribution in [0.4, 0.5) is 4.39 Å². The van der Waals surface area contributed by atoms with E-state index >= 15 is 0 Å². The fourth-order valence-electron chi connectivity index (χ4n) is 5.87. The first-order chi connectivity index (χ1) is 20.0. The van der Waals surface area contributed by atoms with E-state index in [0.29, 0.717) is 28.6 Å². The van der Waals surface area contributed by atoms with Crippen LogP contribution in [0.3, 0.4) is 0 Å². The van der Waals surface area contributed by atoms with E-state index in [1.54, 1.807) is 17.5 Å². The molecular weight excluding hydrogens is 537 g/mol. The molecule has 0 radical (unpaired) electrons. The maximum atomic E-state index is 13.6. The Morgan fingerprint density at radius 3 is 2.66 bits per heavy atom. The number of aromatic nitrogens is 1. The van der Waals surface area contributed by atoms with E-state index in [1.807, 2.05) is 24.3 Å². The second-order valence-electron chi connectivity index (χ2n) is 10.7. The van der Waals surface area contributed by atoms with E-state index < -0.39 is 0 Å². The molecule has 1 aliphatic heterocycles. The van der Waals surface area contributed by atoms with Gasteiger partial charge in [0.25, 0.3) is 5.91 Å². The maximum Gasteiger partial charge on any atom is 0.271 e. The number of rotatable bonds is 8. The lowest BCUT2D eigenvalue weighted by Crippen LogP contribution is -2.43. The van der Waals surface area contributed by atoms with Gasteiger partial charge in [0.05, 0.1) is 6.04 Å². The zero-order valence-electron chi connectivity index (χ0n) is 22.7. The Balaban J connectivity index is 1.15. The second-order valence-corrected chi connectivity index (χ2v) is 11.6. The van der Waals surface area contributed by atoms with Crippen LogP contribution in [-0.2, 0) is 24.4 Å². The number of carbonyl (C=O) groups is 2. The Labute approximate surface area is 243 Å². The van der Waals surface area contributed by atoms with Crippen molar-refractivity contribution in [2.24, 2.45) is 5.92 Å². The average Bonchev–Trinajstić information content (AvgIpc) is 3.71. The van der Waals surface area contributed by atoms with Crippen molar-refractivity contribution in [3.8, 4) is 5.75 Å². The van der Waals surface area contributed by atoms with Crippen LogP contribution >= 0.6 is 11.3 Å². The van der Waals surface area contributed by atoms with E-state index in [2.05, 4.69) is 39.5 Å². The highest BCUT2D eigenvalue weighted by atomic mass is 32.1. The SMILES string of the molecule is O=C(NCc1cccc(F)c1)c1csc(COc2ccc3c(c2)C(c2ccccc2)N(C(=O)C2CCCC2)CC3)n1. The second kappa shape index (κ2) is 12.2. The molecule has 1 aliphatic carbocycles. The van der Waals surface area contributed by atoms with E-state index in [-0.39, 0.29) is 42.7 Å². The van der Waals surface area contributed by atoms with Crippen LogP contribution in [0, 0.1) is 11.7 Å². The summed E-state index contributed by atoms with van der Waals surface area (Å²) in [6.45, 7) is 1.16. The molecular formula is C33H32FN3O3S. The Morgan fingerprint density at radius 1 is 1.02 bits per heavy atom. The molecule has 8 heteroatoms. The van der Waals surface area contributed by atoms with Gasteiger partial charge < -0.3 is 15.0 Å². The molecule has 0 saturated heterocycles. The van der Waals surface area contributed by atoms with Crippen molar-refractivity contribution in [1.82, 2.24) is 15.2 Å². The average molecular weight is 570 g/mol. The quantitative estimate of drug-likeness (QED) is 0.265. The van der Waals surface area contributed by atoms with Crippen molar-refractivity contribution in [2.75, 3.05) is 6.54 Å². The lowest BCUT2D eigenvalue weighted by molar-refractivity contribution is -0.137. The topological polar surface area (TPSA) is 71.5 Å². The zero-order chi connectivity index (χ0) is 28.2. The highest BCUT2D eigenvalue weighted by molar-refractivity contribution is 7.09. The number of benzene rings is 3. The summed E-state index contributed by atoms with van der Waals surface area (Å²) in [7, 11) is 0. The van der Waals surface area contributed by atoms with Gasteiger partial charge in [-0.2, -0.15) is 0 Å². The molecule has 41 heavy (non-hydrogen) atoms. The molecule has 1 N–H and O–H groups in total. The minimum Gasteiger partial charge on any atom is -0.486 e. The van der Waals surface area contributed by atoms with E-state index in [1.165, 1.54) is 29.0 Å². The smallest absolute Gasteiger partial charge is 0.271 e. The van der Waals surface area contributed by atoms with Gasteiger partial charge in [-0.05, 0) is 65.8 Å². The van der Waals surface area contributed by atoms with Crippen molar-refractivity contribution < 1.29 is 18.7 Å². The number of carbonyl (C=O) groups excluding carboxylic acids is 2. The Hall–Kier alpha value is -4.04. The van der Waals surface area contributed by atoms with E-state index in [9.17, 15) is 14.0 Å². The van der Waals surface area contributed by atoms with Gasteiger partial charge >= 0.3 is 0 Å². The summed E-state index contributed by atoms with van der Waals surface area (Å²) in [5.74, 6) is 0.428. The van der Waals surface area contributed by atoms with Gasteiger partial charge in [-0.3, -0.25) is 9.59 Å². The highest BCUT2D eigenvalue weighted by Crippen LogP contribution is 2.39. The molecule has 210 valence electrons. The van der Waals surface area contributed by atoms with Crippen molar-refractivity contribution in [1.29, 1.82) is 0 Å². The largest absolute Gasteiger partial charge is 0.486 e. The van der Waals surface area contributed by atoms with Gasteiger partial charge in [-0.25, -0.2) is 9.37 Å². The number of hydrogen-bond acceptors (Lipinski definition) is 5. The first-order valence-corrected chi connectivity index (χ1v) is 15.0. The summed E-state index contributed by atoms with van der Waals surface area (Å²) in [4.78, 5) is 32.7. The fourth-order valence-corrected chi connectivity index (χ4v) is 6.55. The van der Waals surface area contributed by atoms with E-state index in [0.717, 1.165) is 43.2 Å². The van der Waals surface area contributed by atoms with Crippen LogP contribution in [0.1, 0.15) is 69.5 Å². The van der Waals surface area contributed by atoms with Gasteiger partial charge in [-0.15, -0.1) is 11.3 Å². The number of fused-ring (bicyclic) bond motifs is 1. The number of ether oxygens (including phenoxy) is 1. The van der Waals surface area contributed by atoms with E-state index in [4.69, 9.17) is 4.74 Å². The molecule has 2 heterocycles. The van der Waals surface area contributed by atoms with Gasteiger partial charge in [-0.1, -0.05) is 61.4 Å². The first-order valence-electron chi connectivity index (χ1n) is 14.1. The third kappa shape index (κ3) is 6.17. The lowest BCUT2D eigenvalue weighted by Gasteiger charge is -2.39. The number of amides is 2. The molecule has 1 saturated carbocycles. The number of nitrogens with one attached hydrogen (secondary N) is 1. The standard InChI is InChI=1S/C33H32FN3O3S/c34-26-12-6-7-22(17-26)19-35-32(38)29-21-41-30(36-29)20-40-27-14-13-23-15-16-37(33(39)25-10-4-5-11-25)31(28(23)18-27)24-8-2-1-3-9-24/h1-3,6-9,12-14,17-18,21,25,31H,4-5,10-11,15-16,19-20H2,(H,35,38). The molecule has 6 nitrogen and oxygen atoms in total. The summed E-state index contributed by atoms with van der Waals surface area (Å²) in [6.07, 6.45) is 5.03. The number of nitrogens with zero attached hydrogens (tertiary/aromatic N) is 2. The van der Waals surface area contributed by atoms with Crippen LogP contribution in [0.15, 0.2) is 78.2 Å². The van der Waals surface area contributed by atoms with Crippen LogP contribution < -0.4 is 10.1 Å². The molecule has 2 amide bonds. The Kier molecular flexibility index (Phi) is 8.09. The molecule has 1 fully saturated rings. The van der Waals surface area contributed by atoms with Gasteiger partial charge in [0, 0.05) is 24.4 Å². The van der Waals surface area contributed by atoms with Crippen molar-refractivity contribution in [3.63, 3.8) is 0 Å². The minimum absolute atomic E-state index is 0.118. The summed E-state index contributed by atoms with van der Waals surface area (Å²) in [6, 6.07) is 22.4. The molecule has 6 rings (SSSR count). The summed E-state index contributed by atoms with van der Waals surface area (Å²) >= 11 is 1.36. The van der Waals surface area contributed by atoms with Gasteiger partial charge in [0.15, 0.2) is 0 Å². The van der Waals surface area contributed by atoms with Crippen molar-refractivity contribution >= 4 is 23.2 Å².